The molecule has 0 radical (unpaired) electrons. The van der Waals surface area contributed by atoms with E-state index in [9.17, 15) is 13.2 Å². The number of hydrogen-bond donors (Lipinski definition) is 1. The van der Waals surface area contributed by atoms with Crippen LogP contribution in [0.2, 0.25) is 0 Å². The molecule has 2 heterocycles. The SMILES string of the molecule is COc1ccc(C2c3cccn3CCN2C(=S)Nc2ccc(C(F)(F)F)cc2)cc1OC. The van der Waals surface area contributed by atoms with E-state index in [1.165, 1.54) is 12.1 Å². The maximum atomic E-state index is 12.9. The molecule has 0 saturated heterocycles. The highest BCUT2D eigenvalue weighted by molar-refractivity contribution is 7.80. The Labute approximate surface area is 189 Å². The Morgan fingerprint density at radius 3 is 2.38 bits per heavy atom. The van der Waals surface area contributed by atoms with Gasteiger partial charge in [-0.2, -0.15) is 13.2 Å². The number of halogens is 3. The van der Waals surface area contributed by atoms with Crippen LogP contribution in [0.3, 0.4) is 0 Å². The summed E-state index contributed by atoms with van der Waals surface area (Å²) in [6.07, 6.45) is -2.36. The number of benzene rings is 2. The van der Waals surface area contributed by atoms with Gasteiger partial charge in [-0.15, -0.1) is 0 Å². The molecule has 168 valence electrons. The maximum absolute atomic E-state index is 12.9. The molecule has 0 saturated carbocycles. The molecule has 1 aliphatic rings. The summed E-state index contributed by atoms with van der Waals surface area (Å²) in [5.74, 6) is 1.23. The molecule has 0 bridgehead atoms. The first-order valence-electron chi connectivity index (χ1n) is 9.93. The molecule has 32 heavy (non-hydrogen) atoms. The van der Waals surface area contributed by atoms with Crippen molar-refractivity contribution >= 4 is 23.0 Å². The van der Waals surface area contributed by atoms with Crippen molar-refractivity contribution in [1.29, 1.82) is 0 Å². The number of ether oxygens (including phenoxy) is 2. The van der Waals surface area contributed by atoms with Crippen molar-refractivity contribution in [3.63, 3.8) is 0 Å². The first-order chi connectivity index (χ1) is 15.3. The van der Waals surface area contributed by atoms with Crippen LogP contribution in [0.5, 0.6) is 11.5 Å². The number of thiocarbonyl (C=S) groups is 1. The number of rotatable bonds is 4. The highest BCUT2D eigenvalue weighted by Crippen LogP contribution is 2.37. The van der Waals surface area contributed by atoms with Crippen molar-refractivity contribution in [2.75, 3.05) is 26.1 Å². The molecule has 0 amide bonds. The first-order valence-corrected chi connectivity index (χ1v) is 10.3. The largest absolute Gasteiger partial charge is 0.493 e. The zero-order valence-electron chi connectivity index (χ0n) is 17.5. The van der Waals surface area contributed by atoms with Gasteiger partial charge in [0.15, 0.2) is 16.6 Å². The summed E-state index contributed by atoms with van der Waals surface area (Å²) in [5, 5.41) is 3.52. The summed E-state index contributed by atoms with van der Waals surface area (Å²) in [5.41, 5.74) is 1.81. The van der Waals surface area contributed by atoms with Crippen molar-refractivity contribution < 1.29 is 22.6 Å². The molecule has 1 atom stereocenters. The Morgan fingerprint density at radius 2 is 1.72 bits per heavy atom. The van der Waals surface area contributed by atoms with Gasteiger partial charge in [0.1, 0.15) is 0 Å². The smallest absolute Gasteiger partial charge is 0.416 e. The average molecular weight is 462 g/mol. The van der Waals surface area contributed by atoms with Gasteiger partial charge in [0.25, 0.3) is 0 Å². The molecule has 0 fully saturated rings. The second-order valence-electron chi connectivity index (χ2n) is 7.34. The molecule has 9 heteroatoms. The molecule has 0 aliphatic carbocycles. The Balaban J connectivity index is 1.64. The van der Waals surface area contributed by atoms with Crippen molar-refractivity contribution in [1.82, 2.24) is 9.47 Å². The van der Waals surface area contributed by atoms with Crippen molar-refractivity contribution in [2.45, 2.75) is 18.8 Å². The van der Waals surface area contributed by atoms with Gasteiger partial charge in [0.05, 0.1) is 25.8 Å². The van der Waals surface area contributed by atoms with Gasteiger partial charge in [-0.25, -0.2) is 0 Å². The number of anilines is 1. The minimum Gasteiger partial charge on any atom is -0.493 e. The van der Waals surface area contributed by atoms with Crippen LogP contribution in [0.4, 0.5) is 18.9 Å². The van der Waals surface area contributed by atoms with Gasteiger partial charge in [0.2, 0.25) is 0 Å². The summed E-state index contributed by atoms with van der Waals surface area (Å²) in [6.45, 7) is 1.37. The highest BCUT2D eigenvalue weighted by Gasteiger charge is 2.32. The van der Waals surface area contributed by atoms with E-state index in [1.54, 1.807) is 14.2 Å². The fraction of sp³-hybridized carbons (Fsp3) is 0.261. The Hall–Kier alpha value is -3.20. The predicted molar refractivity (Wildman–Crippen MR) is 120 cm³/mol. The number of hydrogen-bond acceptors (Lipinski definition) is 3. The van der Waals surface area contributed by atoms with E-state index in [4.69, 9.17) is 21.7 Å². The van der Waals surface area contributed by atoms with Gasteiger partial charge in [0, 0.05) is 30.7 Å². The molecule has 0 spiro atoms. The lowest BCUT2D eigenvalue weighted by Gasteiger charge is -2.39. The lowest BCUT2D eigenvalue weighted by molar-refractivity contribution is -0.137. The lowest BCUT2D eigenvalue weighted by Crippen LogP contribution is -2.44. The van der Waals surface area contributed by atoms with Crippen LogP contribution in [0.25, 0.3) is 0 Å². The zero-order valence-corrected chi connectivity index (χ0v) is 18.3. The molecule has 3 aromatic rings. The Morgan fingerprint density at radius 1 is 1.00 bits per heavy atom. The van der Waals surface area contributed by atoms with E-state index >= 15 is 0 Å². The highest BCUT2D eigenvalue weighted by atomic mass is 32.1. The topological polar surface area (TPSA) is 38.7 Å². The number of aromatic nitrogens is 1. The third-order valence-corrected chi connectivity index (χ3v) is 5.82. The van der Waals surface area contributed by atoms with E-state index in [-0.39, 0.29) is 6.04 Å². The average Bonchev–Trinajstić information content (AvgIpc) is 3.26. The van der Waals surface area contributed by atoms with Crippen LogP contribution in [-0.4, -0.2) is 35.3 Å². The predicted octanol–water partition coefficient (Wildman–Crippen LogP) is 5.33. The molecule has 1 unspecified atom stereocenters. The summed E-state index contributed by atoms with van der Waals surface area (Å²) < 4.78 is 51.6. The molecule has 1 aliphatic heterocycles. The van der Waals surface area contributed by atoms with Crippen LogP contribution < -0.4 is 14.8 Å². The van der Waals surface area contributed by atoms with Gasteiger partial charge in [-0.05, 0) is 66.3 Å². The molecule has 2 aromatic carbocycles. The Kier molecular flexibility index (Phi) is 6.01. The number of nitrogens with one attached hydrogen (secondary N) is 1. The fourth-order valence-electron chi connectivity index (χ4n) is 3.91. The minimum absolute atomic E-state index is 0.201. The van der Waals surface area contributed by atoms with Crippen molar-refractivity contribution in [3.8, 4) is 11.5 Å². The van der Waals surface area contributed by atoms with Crippen LogP contribution in [0.1, 0.15) is 22.9 Å². The molecule has 1 N–H and O–H groups in total. The van der Waals surface area contributed by atoms with Crippen LogP contribution in [0.15, 0.2) is 60.8 Å². The second-order valence-corrected chi connectivity index (χ2v) is 7.73. The van der Waals surface area contributed by atoms with Crippen LogP contribution in [-0.2, 0) is 12.7 Å². The van der Waals surface area contributed by atoms with Gasteiger partial charge in [-0.1, -0.05) is 6.07 Å². The van der Waals surface area contributed by atoms with E-state index < -0.39 is 11.7 Å². The third-order valence-electron chi connectivity index (χ3n) is 5.49. The Bertz CT molecular complexity index is 1110. The summed E-state index contributed by atoms with van der Waals surface area (Å²) in [7, 11) is 3.17. The molecule has 4 rings (SSSR count). The molecular weight excluding hydrogens is 439 g/mol. The molecular formula is C23H22F3N3O2S. The summed E-state index contributed by atoms with van der Waals surface area (Å²) in [6, 6.07) is 14.4. The fourth-order valence-corrected chi connectivity index (χ4v) is 4.23. The number of nitrogens with zero attached hydrogens (tertiary/aromatic N) is 2. The molecule has 5 nitrogen and oxygen atoms in total. The maximum Gasteiger partial charge on any atom is 0.416 e. The van der Waals surface area contributed by atoms with E-state index in [0.29, 0.717) is 28.8 Å². The standard InChI is InChI=1S/C23H22F3N3O2S/c1-30-19-10-5-15(14-20(19)31-2)21-18-4-3-11-28(18)12-13-29(21)22(32)27-17-8-6-16(7-9-17)23(24,25)26/h3-11,14,21H,12-13H2,1-2H3,(H,27,32). The van der Waals surface area contributed by atoms with Gasteiger partial charge < -0.3 is 24.3 Å². The third kappa shape index (κ3) is 4.25. The van der Waals surface area contributed by atoms with Crippen LogP contribution in [0, 0.1) is 0 Å². The number of methoxy groups -OCH3 is 2. The minimum atomic E-state index is -4.38. The van der Waals surface area contributed by atoms with Crippen molar-refractivity contribution in [2.24, 2.45) is 0 Å². The summed E-state index contributed by atoms with van der Waals surface area (Å²) >= 11 is 5.68. The summed E-state index contributed by atoms with van der Waals surface area (Å²) in [4.78, 5) is 2.03. The number of alkyl halides is 3. The normalized spacial score (nSPS) is 15.8. The van der Waals surface area contributed by atoms with E-state index in [0.717, 1.165) is 29.9 Å². The van der Waals surface area contributed by atoms with Crippen molar-refractivity contribution in [3.05, 3.63) is 77.6 Å². The monoisotopic (exact) mass is 461 g/mol. The van der Waals surface area contributed by atoms with Crippen LogP contribution >= 0.6 is 12.2 Å². The van der Waals surface area contributed by atoms with E-state index in [2.05, 4.69) is 9.88 Å². The number of fused-ring (bicyclic) bond motifs is 1. The zero-order chi connectivity index (χ0) is 22.9. The van der Waals surface area contributed by atoms with Gasteiger partial charge in [-0.3, -0.25) is 0 Å². The molecule has 1 aromatic heterocycles. The van der Waals surface area contributed by atoms with E-state index in [1.807, 2.05) is 41.4 Å². The lowest BCUT2D eigenvalue weighted by atomic mass is 9.99. The second kappa shape index (κ2) is 8.74. The first kappa shape index (κ1) is 22.0. The quantitative estimate of drug-likeness (QED) is 0.532. The van der Waals surface area contributed by atoms with Gasteiger partial charge >= 0.3 is 6.18 Å².